The zero-order chi connectivity index (χ0) is 17.5. The molecule has 0 saturated carbocycles. The number of aromatic nitrogens is 3. The van der Waals surface area contributed by atoms with E-state index in [1.165, 1.54) is 14.0 Å². The molecule has 126 valence electrons. The fourth-order valence-electron chi connectivity index (χ4n) is 1.82. The van der Waals surface area contributed by atoms with Gasteiger partial charge in [0.25, 0.3) is 5.56 Å². The second kappa shape index (κ2) is 8.25. The molecule has 0 spiro atoms. The lowest BCUT2D eigenvalue weighted by atomic mass is 10.1. The van der Waals surface area contributed by atoms with Crippen LogP contribution in [0.2, 0.25) is 0 Å². The van der Waals surface area contributed by atoms with Gasteiger partial charge in [0.1, 0.15) is 5.69 Å². The molecule has 0 bridgehead atoms. The van der Waals surface area contributed by atoms with Crippen molar-refractivity contribution in [2.75, 3.05) is 12.9 Å². The van der Waals surface area contributed by atoms with Crippen LogP contribution in [0, 0.1) is 6.92 Å². The van der Waals surface area contributed by atoms with E-state index in [0.29, 0.717) is 5.56 Å². The lowest BCUT2D eigenvalue weighted by Gasteiger charge is -2.16. The highest BCUT2D eigenvalue weighted by Crippen LogP contribution is 2.15. The van der Waals surface area contributed by atoms with Crippen molar-refractivity contribution < 1.29 is 14.3 Å². The number of H-pyrrole nitrogens is 1. The normalized spacial score (nSPS) is 11.6. The number of nitrogens with one attached hydrogen (secondary N) is 2. The van der Waals surface area contributed by atoms with E-state index in [0.717, 1.165) is 11.8 Å². The van der Waals surface area contributed by atoms with Gasteiger partial charge in [-0.15, -0.1) is 10.2 Å². The van der Waals surface area contributed by atoms with Gasteiger partial charge in [-0.1, -0.05) is 42.1 Å². The summed E-state index contributed by atoms with van der Waals surface area (Å²) in [6.07, 6.45) is 0. The summed E-state index contributed by atoms with van der Waals surface area (Å²) in [6, 6.07) is 7.88. The minimum Gasteiger partial charge on any atom is -0.467 e. The van der Waals surface area contributed by atoms with Crippen molar-refractivity contribution in [3.05, 3.63) is 51.9 Å². The van der Waals surface area contributed by atoms with Gasteiger partial charge in [-0.3, -0.25) is 14.6 Å². The zero-order valence-electron chi connectivity index (χ0n) is 13.1. The van der Waals surface area contributed by atoms with Crippen molar-refractivity contribution >= 4 is 23.6 Å². The molecule has 0 aliphatic carbocycles. The molecule has 2 aromatic rings. The summed E-state index contributed by atoms with van der Waals surface area (Å²) in [5.74, 6) is -1.00. The van der Waals surface area contributed by atoms with Crippen LogP contribution < -0.4 is 10.9 Å². The van der Waals surface area contributed by atoms with Crippen LogP contribution in [0.15, 0.2) is 40.3 Å². The number of esters is 1. The van der Waals surface area contributed by atoms with Gasteiger partial charge in [0.05, 0.1) is 12.9 Å². The molecule has 0 radical (unpaired) electrons. The summed E-state index contributed by atoms with van der Waals surface area (Å²) in [6.45, 7) is 1.54. The van der Waals surface area contributed by atoms with Crippen molar-refractivity contribution in [1.82, 2.24) is 20.5 Å². The number of amides is 1. The maximum absolute atomic E-state index is 12.1. The van der Waals surface area contributed by atoms with E-state index < -0.39 is 17.9 Å². The molecule has 8 nitrogen and oxygen atoms in total. The fourth-order valence-corrected chi connectivity index (χ4v) is 2.44. The molecule has 1 aromatic carbocycles. The second-order valence-electron chi connectivity index (χ2n) is 4.77. The predicted molar refractivity (Wildman–Crippen MR) is 87.5 cm³/mol. The van der Waals surface area contributed by atoms with Crippen LogP contribution >= 0.6 is 11.8 Å². The lowest BCUT2D eigenvalue weighted by Crippen LogP contribution is -2.35. The number of carbonyl (C=O) groups is 2. The van der Waals surface area contributed by atoms with Gasteiger partial charge in [0.15, 0.2) is 11.2 Å². The maximum atomic E-state index is 12.1. The molecule has 9 heteroatoms. The van der Waals surface area contributed by atoms with Crippen LogP contribution in [0.4, 0.5) is 0 Å². The Balaban J connectivity index is 2.01. The van der Waals surface area contributed by atoms with Gasteiger partial charge >= 0.3 is 5.97 Å². The Labute approximate surface area is 142 Å². The molecular weight excluding hydrogens is 332 g/mol. The van der Waals surface area contributed by atoms with E-state index in [9.17, 15) is 14.4 Å². The number of aryl methyl sites for hydroxylation is 1. The molecule has 24 heavy (non-hydrogen) atoms. The van der Waals surface area contributed by atoms with Gasteiger partial charge in [-0.2, -0.15) is 0 Å². The molecule has 0 unspecified atom stereocenters. The SMILES string of the molecule is COC(=O)[C@H](NC(=O)CSc1nnc(C)c(=O)[nH]1)c1ccccc1. The summed E-state index contributed by atoms with van der Waals surface area (Å²) in [7, 11) is 1.26. The molecule has 0 aliphatic heterocycles. The third kappa shape index (κ3) is 4.66. The number of methoxy groups -OCH3 is 1. The first-order valence-corrected chi connectivity index (χ1v) is 7.98. The number of aromatic amines is 1. The van der Waals surface area contributed by atoms with E-state index in [4.69, 9.17) is 4.74 Å². The Kier molecular flexibility index (Phi) is 6.07. The highest BCUT2D eigenvalue weighted by molar-refractivity contribution is 7.99. The lowest BCUT2D eigenvalue weighted by molar-refractivity contribution is -0.145. The van der Waals surface area contributed by atoms with Gasteiger partial charge in [0, 0.05) is 0 Å². The number of nitrogens with zero attached hydrogens (tertiary/aromatic N) is 2. The molecule has 1 heterocycles. The number of hydrogen-bond acceptors (Lipinski definition) is 7. The van der Waals surface area contributed by atoms with Gasteiger partial charge in [-0.05, 0) is 12.5 Å². The molecular formula is C15H16N4O4S. The molecule has 2 N–H and O–H groups in total. The van der Waals surface area contributed by atoms with Crippen molar-refractivity contribution in [3.63, 3.8) is 0 Å². The Morgan fingerprint density at radius 1 is 1.29 bits per heavy atom. The minimum absolute atomic E-state index is 0.0337. The number of ether oxygens (including phenoxy) is 1. The monoisotopic (exact) mass is 348 g/mol. The quantitative estimate of drug-likeness (QED) is 0.580. The number of rotatable bonds is 6. The molecule has 1 atom stereocenters. The first kappa shape index (κ1) is 17.7. The van der Waals surface area contributed by atoms with Crippen LogP contribution in [0.1, 0.15) is 17.3 Å². The first-order chi connectivity index (χ1) is 11.5. The fraction of sp³-hybridized carbons (Fsp3) is 0.267. The minimum atomic E-state index is -0.896. The van der Waals surface area contributed by atoms with Crippen LogP contribution in [-0.2, 0) is 14.3 Å². The van der Waals surface area contributed by atoms with Crippen LogP contribution in [0.25, 0.3) is 0 Å². The molecule has 1 amide bonds. The standard InChI is InChI=1S/C15H16N4O4S/c1-9-13(21)17-15(19-18-9)24-8-11(20)16-12(14(22)23-2)10-6-4-3-5-7-10/h3-7,12H,8H2,1-2H3,(H,16,20)(H,17,19,21)/t12-/m1/s1. The predicted octanol–water partition coefficient (Wildman–Crippen LogP) is 0.596. The van der Waals surface area contributed by atoms with Crippen molar-refractivity contribution in [2.45, 2.75) is 18.1 Å². The van der Waals surface area contributed by atoms with E-state index in [1.54, 1.807) is 24.3 Å². The highest BCUT2D eigenvalue weighted by Gasteiger charge is 2.23. The van der Waals surface area contributed by atoms with E-state index in [2.05, 4.69) is 20.5 Å². The Morgan fingerprint density at radius 3 is 2.62 bits per heavy atom. The smallest absolute Gasteiger partial charge is 0.333 e. The van der Waals surface area contributed by atoms with Crippen molar-refractivity contribution in [1.29, 1.82) is 0 Å². The number of hydrogen-bond donors (Lipinski definition) is 2. The molecule has 0 aliphatic rings. The van der Waals surface area contributed by atoms with Crippen molar-refractivity contribution in [3.8, 4) is 0 Å². The topological polar surface area (TPSA) is 114 Å². The zero-order valence-corrected chi connectivity index (χ0v) is 13.9. The van der Waals surface area contributed by atoms with Crippen LogP contribution in [0.5, 0.6) is 0 Å². The molecule has 0 saturated heterocycles. The Bertz CT molecular complexity index is 779. The van der Waals surface area contributed by atoms with Crippen molar-refractivity contribution in [2.24, 2.45) is 0 Å². The van der Waals surface area contributed by atoms with Gasteiger partial charge < -0.3 is 10.1 Å². The molecule has 0 fully saturated rings. The summed E-state index contributed by atoms with van der Waals surface area (Å²) in [4.78, 5) is 37.9. The maximum Gasteiger partial charge on any atom is 0.333 e. The molecule has 1 aromatic heterocycles. The average Bonchev–Trinajstić information content (AvgIpc) is 2.60. The average molecular weight is 348 g/mol. The summed E-state index contributed by atoms with van der Waals surface area (Å²) in [5.41, 5.74) is 0.509. The summed E-state index contributed by atoms with van der Waals surface area (Å²) < 4.78 is 4.73. The van der Waals surface area contributed by atoms with E-state index in [-0.39, 0.29) is 22.2 Å². The first-order valence-electron chi connectivity index (χ1n) is 7.00. The van der Waals surface area contributed by atoms with Gasteiger partial charge in [-0.25, -0.2) is 4.79 Å². The third-order valence-corrected chi connectivity index (χ3v) is 3.92. The van der Waals surface area contributed by atoms with Crippen LogP contribution in [0.3, 0.4) is 0 Å². The largest absolute Gasteiger partial charge is 0.467 e. The summed E-state index contributed by atoms with van der Waals surface area (Å²) >= 11 is 1.01. The Morgan fingerprint density at radius 2 is 2.00 bits per heavy atom. The van der Waals surface area contributed by atoms with E-state index >= 15 is 0 Å². The number of benzene rings is 1. The third-order valence-electron chi connectivity index (χ3n) is 3.05. The second-order valence-corrected chi connectivity index (χ2v) is 5.73. The number of thioether (sulfide) groups is 1. The highest BCUT2D eigenvalue weighted by atomic mass is 32.2. The Hall–Kier alpha value is -2.68. The van der Waals surface area contributed by atoms with E-state index in [1.807, 2.05) is 6.07 Å². The van der Waals surface area contributed by atoms with Gasteiger partial charge in [0.2, 0.25) is 5.91 Å². The summed E-state index contributed by atoms with van der Waals surface area (Å²) in [5, 5.41) is 10.3. The molecule has 2 rings (SSSR count). The number of carbonyl (C=O) groups excluding carboxylic acids is 2. The van der Waals surface area contributed by atoms with Crippen LogP contribution in [-0.4, -0.2) is 39.9 Å².